The quantitative estimate of drug-likeness (QED) is 0.332. The van der Waals surface area contributed by atoms with Gasteiger partial charge in [0.1, 0.15) is 9.73 Å². The minimum Gasteiger partial charge on any atom is -0.490 e. The van der Waals surface area contributed by atoms with Gasteiger partial charge in [0.2, 0.25) is 5.96 Å². The third-order valence-electron chi connectivity index (χ3n) is 6.90. The second-order valence-electron chi connectivity index (χ2n) is 9.30. The summed E-state index contributed by atoms with van der Waals surface area (Å²) in [4.78, 5) is 8.07. The monoisotopic (exact) mass is 597 g/mol. The van der Waals surface area contributed by atoms with E-state index >= 15 is 0 Å². The molecule has 3 aromatic carbocycles. The minimum absolute atomic E-state index is 0.138. The van der Waals surface area contributed by atoms with Crippen molar-refractivity contribution in [1.29, 1.82) is 0 Å². The van der Waals surface area contributed by atoms with Crippen LogP contribution in [-0.2, 0) is 9.73 Å². The Morgan fingerprint density at radius 2 is 1.63 bits per heavy atom. The van der Waals surface area contributed by atoms with Crippen molar-refractivity contribution < 1.29 is 18.8 Å². The van der Waals surface area contributed by atoms with Crippen LogP contribution in [0.5, 0.6) is 11.5 Å². The van der Waals surface area contributed by atoms with Crippen LogP contribution >= 0.6 is 15.9 Å². The number of ether oxygens (including phenoxy) is 2. The maximum atomic E-state index is 14.8. The summed E-state index contributed by atoms with van der Waals surface area (Å²) >= 11 is 3.47. The van der Waals surface area contributed by atoms with Gasteiger partial charge in [-0.15, -0.1) is 0 Å². The average molecular weight is 599 g/mol. The molecule has 9 heteroatoms. The number of aliphatic hydroxyl groups is 1. The summed E-state index contributed by atoms with van der Waals surface area (Å²) in [6.45, 7) is 6.07. The van der Waals surface area contributed by atoms with Gasteiger partial charge in [0.05, 0.1) is 34.8 Å². The Kier molecular flexibility index (Phi) is 8.07. The molecule has 1 fully saturated rings. The molecule has 2 aliphatic heterocycles. The van der Waals surface area contributed by atoms with Gasteiger partial charge in [0.25, 0.3) is 0 Å². The molecule has 0 bridgehead atoms. The van der Waals surface area contributed by atoms with Crippen LogP contribution in [0, 0.1) is 5.92 Å². The van der Waals surface area contributed by atoms with Crippen molar-refractivity contribution in [1.82, 2.24) is 4.90 Å². The number of halogens is 1. The molecule has 0 aliphatic carbocycles. The number of guanidine groups is 1. The van der Waals surface area contributed by atoms with Crippen LogP contribution in [0.25, 0.3) is 0 Å². The van der Waals surface area contributed by atoms with Gasteiger partial charge >= 0.3 is 0 Å². The van der Waals surface area contributed by atoms with Gasteiger partial charge in [-0.3, -0.25) is 0 Å². The predicted molar refractivity (Wildman–Crippen MR) is 153 cm³/mol. The molecular weight excluding hydrogens is 566 g/mol. The molecule has 0 radical (unpaired) electrons. The topological polar surface area (TPSA) is 83.7 Å². The Labute approximate surface area is 232 Å². The Balaban J connectivity index is 1.51. The van der Waals surface area contributed by atoms with E-state index in [0.717, 1.165) is 22.9 Å². The molecule has 7 nitrogen and oxygen atoms in total. The van der Waals surface area contributed by atoms with Crippen LogP contribution in [0.4, 0.5) is 5.69 Å². The van der Waals surface area contributed by atoms with E-state index < -0.39 is 15.8 Å². The molecule has 200 valence electrons. The first-order chi connectivity index (χ1) is 18.4. The van der Waals surface area contributed by atoms with Gasteiger partial charge in [-0.1, -0.05) is 46.3 Å². The summed E-state index contributed by atoms with van der Waals surface area (Å²) in [6, 6.07) is 20.8. The Bertz CT molecular complexity index is 1430. The summed E-state index contributed by atoms with van der Waals surface area (Å²) in [7, 11) is -3.04. The van der Waals surface area contributed by atoms with Crippen molar-refractivity contribution in [3.05, 3.63) is 76.8 Å². The van der Waals surface area contributed by atoms with Gasteiger partial charge in [-0.25, -0.2) is 9.20 Å². The lowest BCUT2D eigenvalue weighted by molar-refractivity contribution is 0.0738. The molecule has 2 aliphatic rings. The number of benzene rings is 3. The maximum absolute atomic E-state index is 14.8. The number of rotatable bonds is 7. The van der Waals surface area contributed by atoms with Crippen molar-refractivity contribution in [2.45, 2.75) is 42.6 Å². The van der Waals surface area contributed by atoms with E-state index in [9.17, 15) is 9.32 Å². The van der Waals surface area contributed by atoms with Crippen LogP contribution in [0.15, 0.2) is 90.3 Å². The SMILES string of the molecule is CCOc1cc2c(cc1OCC)S(=O)(c1ccc(Br)cc1)=NC(N1CCC(C(O)c3ccccc3)CC1)=N2. The molecular formula is C29H32BrN3O4S. The first-order valence-corrected chi connectivity index (χ1v) is 15.3. The van der Waals surface area contributed by atoms with Gasteiger partial charge in [0, 0.05) is 29.7 Å². The van der Waals surface area contributed by atoms with Crippen LogP contribution in [0.2, 0.25) is 0 Å². The first kappa shape index (κ1) is 26.7. The highest BCUT2D eigenvalue weighted by Gasteiger charge is 2.32. The van der Waals surface area contributed by atoms with E-state index in [1.807, 2.05) is 74.5 Å². The Morgan fingerprint density at radius 1 is 1.00 bits per heavy atom. The van der Waals surface area contributed by atoms with E-state index in [0.29, 0.717) is 59.2 Å². The van der Waals surface area contributed by atoms with Gasteiger partial charge < -0.3 is 19.5 Å². The second-order valence-corrected chi connectivity index (χ2v) is 12.4. The summed E-state index contributed by atoms with van der Waals surface area (Å²) < 4.78 is 32.1. The maximum Gasteiger partial charge on any atom is 0.234 e. The molecule has 2 unspecified atom stereocenters. The number of hydrogen-bond acceptors (Lipinski definition) is 7. The average Bonchev–Trinajstić information content (AvgIpc) is 2.94. The number of aliphatic hydroxyl groups excluding tert-OH is 1. The highest BCUT2D eigenvalue weighted by molar-refractivity contribution is 9.10. The normalized spacial score (nSPS) is 20.2. The molecule has 38 heavy (non-hydrogen) atoms. The number of aliphatic imine (C=N–C) groups is 1. The molecule has 0 aromatic heterocycles. The van der Waals surface area contributed by atoms with E-state index in [-0.39, 0.29) is 5.92 Å². The predicted octanol–water partition coefficient (Wildman–Crippen LogP) is 6.58. The van der Waals surface area contributed by atoms with Crippen LogP contribution in [0.3, 0.4) is 0 Å². The zero-order valence-corrected chi connectivity index (χ0v) is 24.0. The van der Waals surface area contributed by atoms with Gasteiger partial charge in [-0.2, -0.15) is 4.36 Å². The second kappa shape index (κ2) is 11.5. The molecule has 0 saturated carbocycles. The van der Waals surface area contributed by atoms with Gasteiger partial charge in [0.15, 0.2) is 11.5 Å². The molecule has 1 saturated heterocycles. The molecule has 3 aromatic rings. The molecule has 0 spiro atoms. The Morgan fingerprint density at radius 3 is 2.26 bits per heavy atom. The molecule has 1 N–H and O–H groups in total. The summed E-state index contributed by atoms with van der Waals surface area (Å²) in [5.74, 6) is 1.69. The number of nitrogens with zero attached hydrogens (tertiary/aromatic N) is 3. The van der Waals surface area contributed by atoms with E-state index in [1.165, 1.54) is 0 Å². The van der Waals surface area contributed by atoms with Crippen molar-refractivity contribution in [3.63, 3.8) is 0 Å². The number of likely N-dealkylation sites (tertiary alicyclic amines) is 1. The minimum atomic E-state index is -3.04. The number of hydrogen-bond donors (Lipinski definition) is 1. The van der Waals surface area contributed by atoms with Crippen molar-refractivity contribution in [3.8, 4) is 11.5 Å². The highest BCUT2D eigenvalue weighted by Crippen LogP contribution is 2.43. The molecule has 5 rings (SSSR count). The number of piperidine rings is 1. The lowest BCUT2D eigenvalue weighted by Gasteiger charge is -2.35. The zero-order chi connectivity index (χ0) is 26.7. The first-order valence-electron chi connectivity index (χ1n) is 13.0. The fourth-order valence-electron chi connectivity index (χ4n) is 4.93. The number of fused-ring (bicyclic) bond motifs is 1. The third-order valence-corrected chi connectivity index (χ3v) is 9.68. The van der Waals surface area contributed by atoms with E-state index in [1.54, 1.807) is 6.07 Å². The smallest absolute Gasteiger partial charge is 0.234 e. The molecule has 0 amide bonds. The van der Waals surface area contributed by atoms with Crippen molar-refractivity contribution >= 4 is 37.3 Å². The van der Waals surface area contributed by atoms with Crippen LogP contribution in [0.1, 0.15) is 38.4 Å². The van der Waals surface area contributed by atoms with Crippen LogP contribution < -0.4 is 9.47 Å². The molecule has 2 heterocycles. The third kappa shape index (κ3) is 5.32. The largest absolute Gasteiger partial charge is 0.490 e. The summed E-state index contributed by atoms with van der Waals surface area (Å²) in [6.07, 6.45) is 1.05. The fourth-order valence-corrected chi connectivity index (χ4v) is 7.20. The highest BCUT2D eigenvalue weighted by atomic mass is 79.9. The standard InChI is InChI=1S/C29H32BrN3O4S/c1-3-36-25-18-24-27(19-26(25)37-4-2)38(35,23-12-10-22(30)11-13-23)32-29(31-24)33-16-14-21(15-17-33)28(34)20-8-6-5-7-9-20/h5-13,18-19,21,28,34H,3-4,14-17H2,1-2H3. The van der Waals surface area contributed by atoms with Crippen molar-refractivity contribution in [2.24, 2.45) is 15.3 Å². The lowest BCUT2D eigenvalue weighted by Crippen LogP contribution is -2.40. The summed E-state index contributed by atoms with van der Waals surface area (Å²) in [5.41, 5.74) is 1.51. The van der Waals surface area contributed by atoms with Crippen LogP contribution in [-0.4, -0.2) is 46.5 Å². The fraction of sp³-hybridized carbons (Fsp3) is 0.345. The Hall–Kier alpha value is -2.88. The molecule has 2 atom stereocenters. The zero-order valence-electron chi connectivity index (χ0n) is 21.5. The van der Waals surface area contributed by atoms with E-state index in [4.69, 9.17) is 18.8 Å². The van der Waals surface area contributed by atoms with Crippen molar-refractivity contribution in [2.75, 3.05) is 26.3 Å². The van der Waals surface area contributed by atoms with E-state index in [2.05, 4.69) is 20.8 Å². The lowest BCUT2D eigenvalue weighted by atomic mass is 9.87. The van der Waals surface area contributed by atoms with Gasteiger partial charge in [-0.05, 0) is 62.4 Å². The summed E-state index contributed by atoms with van der Waals surface area (Å²) in [5, 5.41) is 10.9.